The number of halogens is 1. The highest BCUT2D eigenvalue weighted by Crippen LogP contribution is 2.26. The van der Waals surface area contributed by atoms with Gasteiger partial charge in [-0.05, 0) is 55.0 Å². The van der Waals surface area contributed by atoms with E-state index in [0.717, 1.165) is 5.56 Å². The number of aryl methyl sites for hydroxylation is 1. The molecule has 1 amide bonds. The van der Waals surface area contributed by atoms with Crippen LogP contribution in [0.1, 0.15) is 15.9 Å². The minimum atomic E-state index is -4.00. The van der Waals surface area contributed by atoms with Crippen molar-refractivity contribution in [2.45, 2.75) is 11.8 Å². The lowest BCUT2D eigenvalue weighted by molar-refractivity contribution is 0.102. The maximum atomic E-state index is 12.9. The molecule has 8 heteroatoms. The quantitative estimate of drug-likeness (QED) is 0.452. The largest absolute Gasteiger partial charge is 0.489 e. The molecule has 0 aliphatic carbocycles. The summed E-state index contributed by atoms with van der Waals surface area (Å²) in [7, 11) is -4.00. The van der Waals surface area contributed by atoms with Crippen LogP contribution in [0.3, 0.4) is 0 Å². The summed E-state index contributed by atoms with van der Waals surface area (Å²) < 4.78 is 33.7. The highest BCUT2D eigenvalue weighted by Gasteiger charge is 2.20. The van der Waals surface area contributed by atoms with Crippen molar-refractivity contribution in [3.63, 3.8) is 0 Å². The van der Waals surface area contributed by atoms with Gasteiger partial charge in [0.05, 0.1) is 5.02 Å². The molecule has 31 heavy (non-hydrogen) atoms. The lowest BCUT2D eigenvalue weighted by Gasteiger charge is -2.12. The van der Waals surface area contributed by atoms with Crippen LogP contribution in [0.5, 0.6) is 5.75 Å². The Morgan fingerprint density at radius 3 is 2.55 bits per heavy atom. The third-order valence-electron chi connectivity index (χ3n) is 4.21. The zero-order chi connectivity index (χ0) is 22.4. The first kappa shape index (κ1) is 22.4. The number of rotatable bonds is 8. The summed E-state index contributed by atoms with van der Waals surface area (Å²) >= 11 is 6.14. The minimum absolute atomic E-state index is 0.0107. The van der Waals surface area contributed by atoms with Crippen molar-refractivity contribution in [2.75, 3.05) is 16.6 Å². The minimum Gasteiger partial charge on any atom is -0.489 e. The van der Waals surface area contributed by atoms with Crippen LogP contribution in [0.15, 0.2) is 84.3 Å². The van der Waals surface area contributed by atoms with E-state index >= 15 is 0 Å². The molecule has 0 aromatic heterocycles. The molecule has 2 N–H and O–H groups in total. The maximum absolute atomic E-state index is 12.9. The van der Waals surface area contributed by atoms with Gasteiger partial charge in [-0.25, -0.2) is 8.42 Å². The van der Waals surface area contributed by atoms with E-state index < -0.39 is 15.9 Å². The van der Waals surface area contributed by atoms with Gasteiger partial charge in [0.1, 0.15) is 17.3 Å². The Hall–Kier alpha value is -3.29. The molecule has 160 valence electrons. The van der Waals surface area contributed by atoms with Crippen molar-refractivity contribution in [1.82, 2.24) is 0 Å². The lowest BCUT2D eigenvalue weighted by atomic mass is 10.2. The van der Waals surface area contributed by atoms with E-state index in [-0.39, 0.29) is 15.5 Å². The topological polar surface area (TPSA) is 84.5 Å². The van der Waals surface area contributed by atoms with Gasteiger partial charge in [0, 0.05) is 23.0 Å². The average molecular weight is 457 g/mol. The monoisotopic (exact) mass is 456 g/mol. The second kappa shape index (κ2) is 9.68. The van der Waals surface area contributed by atoms with Crippen molar-refractivity contribution >= 4 is 38.9 Å². The second-order valence-electron chi connectivity index (χ2n) is 6.70. The summed E-state index contributed by atoms with van der Waals surface area (Å²) in [5.74, 6) is 0.0870. The van der Waals surface area contributed by atoms with E-state index in [4.69, 9.17) is 16.3 Å². The average Bonchev–Trinajstić information content (AvgIpc) is 2.72. The number of hydrogen-bond acceptors (Lipinski definition) is 4. The van der Waals surface area contributed by atoms with Crippen molar-refractivity contribution in [3.05, 3.63) is 95.5 Å². The molecule has 6 nitrogen and oxygen atoms in total. The summed E-state index contributed by atoms with van der Waals surface area (Å²) in [4.78, 5) is 12.5. The second-order valence-corrected chi connectivity index (χ2v) is 8.76. The molecule has 0 aliphatic rings. The molecular formula is C23H21ClN2O4S. The molecule has 0 saturated heterocycles. The summed E-state index contributed by atoms with van der Waals surface area (Å²) in [5.41, 5.74) is 1.95. The fraction of sp³-hybridized carbons (Fsp3) is 0.0870. The summed E-state index contributed by atoms with van der Waals surface area (Å²) in [6, 6.07) is 17.9. The zero-order valence-corrected chi connectivity index (χ0v) is 18.3. The third kappa shape index (κ3) is 5.87. The van der Waals surface area contributed by atoms with Crippen LogP contribution in [0.4, 0.5) is 11.4 Å². The fourth-order valence-corrected chi connectivity index (χ4v) is 4.37. The van der Waals surface area contributed by atoms with Gasteiger partial charge in [0.25, 0.3) is 15.9 Å². The number of sulfonamides is 1. The van der Waals surface area contributed by atoms with E-state index in [9.17, 15) is 13.2 Å². The Balaban J connectivity index is 1.83. The van der Waals surface area contributed by atoms with Gasteiger partial charge in [-0.15, -0.1) is 0 Å². The van der Waals surface area contributed by atoms with Crippen LogP contribution in [0.2, 0.25) is 5.02 Å². The van der Waals surface area contributed by atoms with Crippen LogP contribution in [-0.4, -0.2) is 20.9 Å². The fourth-order valence-electron chi connectivity index (χ4n) is 2.79. The van der Waals surface area contributed by atoms with Crippen LogP contribution < -0.4 is 14.8 Å². The molecular weight excluding hydrogens is 436 g/mol. The standard InChI is InChI=1S/C23H21ClN2O4S/c1-3-12-30-20-9-5-7-18(15-20)25-23(27)17-10-11-21(24)22(14-17)31(28,29)26-19-8-4-6-16(2)13-19/h3-11,13-15,26H,1,12H2,2H3,(H,25,27). The van der Waals surface area contributed by atoms with Crippen molar-refractivity contribution < 1.29 is 17.9 Å². The van der Waals surface area contributed by atoms with Crippen LogP contribution >= 0.6 is 11.6 Å². The van der Waals surface area contributed by atoms with E-state index in [1.54, 1.807) is 48.5 Å². The predicted octanol–water partition coefficient (Wildman–Crippen LogP) is 5.27. The highest BCUT2D eigenvalue weighted by molar-refractivity contribution is 7.92. The Labute approximate surface area is 186 Å². The van der Waals surface area contributed by atoms with Gasteiger partial charge in [0.2, 0.25) is 0 Å². The number of amides is 1. The molecule has 0 aliphatic heterocycles. The third-order valence-corrected chi connectivity index (χ3v) is 6.08. The zero-order valence-electron chi connectivity index (χ0n) is 16.8. The van der Waals surface area contributed by atoms with Crippen molar-refractivity contribution in [3.8, 4) is 5.75 Å². The molecule has 0 atom stereocenters. The smallest absolute Gasteiger partial charge is 0.263 e. The highest BCUT2D eigenvalue weighted by atomic mass is 35.5. The molecule has 0 saturated carbocycles. The van der Waals surface area contributed by atoms with Crippen LogP contribution in [0, 0.1) is 6.92 Å². The van der Waals surface area contributed by atoms with Crippen LogP contribution in [-0.2, 0) is 10.0 Å². The van der Waals surface area contributed by atoms with E-state index in [1.807, 2.05) is 13.0 Å². The predicted molar refractivity (Wildman–Crippen MR) is 124 cm³/mol. The van der Waals surface area contributed by atoms with Crippen LogP contribution in [0.25, 0.3) is 0 Å². The van der Waals surface area contributed by atoms with Gasteiger partial charge in [0.15, 0.2) is 0 Å². The Bertz CT molecular complexity index is 1230. The van der Waals surface area contributed by atoms with Gasteiger partial charge < -0.3 is 10.1 Å². The lowest BCUT2D eigenvalue weighted by Crippen LogP contribution is -2.16. The molecule has 0 bridgehead atoms. The van der Waals surface area contributed by atoms with Crippen molar-refractivity contribution in [2.24, 2.45) is 0 Å². The first-order valence-electron chi connectivity index (χ1n) is 9.32. The number of nitrogens with one attached hydrogen (secondary N) is 2. The van der Waals surface area contributed by atoms with E-state index in [0.29, 0.717) is 23.7 Å². The Morgan fingerprint density at radius 2 is 1.81 bits per heavy atom. The number of anilines is 2. The Morgan fingerprint density at radius 1 is 1.06 bits per heavy atom. The SMILES string of the molecule is C=CCOc1cccc(NC(=O)c2ccc(Cl)c(S(=O)(=O)Nc3cccc(C)c3)c2)c1. The number of ether oxygens (including phenoxy) is 1. The molecule has 0 radical (unpaired) electrons. The molecule has 0 fully saturated rings. The molecule has 0 unspecified atom stereocenters. The first-order chi connectivity index (χ1) is 14.8. The van der Waals surface area contributed by atoms with Gasteiger partial charge in [-0.3, -0.25) is 9.52 Å². The van der Waals surface area contributed by atoms with Gasteiger partial charge in [-0.2, -0.15) is 0 Å². The normalized spacial score (nSPS) is 10.9. The first-order valence-corrected chi connectivity index (χ1v) is 11.2. The van der Waals surface area contributed by atoms with E-state index in [1.165, 1.54) is 18.2 Å². The number of benzene rings is 3. The molecule has 3 aromatic carbocycles. The Kier molecular flexibility index (Phi) is 6.99. The summed E-state index contributed by atoms with van der Waals surface area (Å²) in [6.07, 6.45) is 1.62. The van der Waals surface area contributed by atoms with Crippen molar-refractivity contribution in [1.29, 1.82) is 0 Å². The molecule has 0 spiro atoms. The molecule has 3 rings (SSSR count). The van der Waals surface area contributed by atoms with Gasteiger partial charge in [-0.1, -0.05) is 42.5 Å². The maximum Gasteiger partial charge on any atom is 0.263 e. The summed E-state index contributed by atoms with van der Waals surface area (Å²) in [6.45, 7) is 5.78. The molecule has 3 aromatic rings. The van der Waals surface area contributed by atoms with Gasteiger partial charge >= 0.3 is 0 Å². The molecule has 0 heterocycles. The summed E-state index contributed by atoms with van der Waals surface area (Å²) in [5, 5.41) is 2.74. The number of carbonyl (C=O) groups excluding carboxylic acids is 1. The number of carbonyl (C=O) groups is 1. The van der Waals surface area contributed by atoms with E-state index in [2.05, 4.69) is 16.6 Å². The number of hydrogen-bond donors (Lipinski definition) is 2.